The van der Waals surface area contributed by atoms with Crippen LogP contribution in [0.4, 0.5) is 0 Å². The van der Waals surface area contributed by atoms with Crippen molar-refractivity contribution in [2.24, 2.45) is 7.05 Å². The Morgan fingerprint density at radius 1 is 1.53 bits per heavy atom. The smallest absolute Gasteiger partial charge is 0.223 e. The summed E-state index contributed by atoms with van der Waals surface area (Å²) in [6.07, 6.45) is 4.44. The van der Waals surface area contributed by atoms with Gasteiger partial charge in [0.15, 0.2) is 0 Å². The Labute approximate surface area is 107 Å². The molecule has 2 rings (SSSR count). The highest BCUT2D eigenvalue weighted by atomic mass is 35.5. The normalized spacial score (nSPS) is 17.4. The molecule has 5 heteroatoms. The molecule has 1 aromatic rings. The van der Waals surface area contributed by atoms with E-state index in [2.05, 4.69) is 11.2 Å². The van der Waals surface area contributed by atoms with Crippen molar-refractivity contribution in [3.63, 3.8) is 0 Å². The summed E-state index contributed by atoms with van der Waals surface area (Å²) in [5, 5.41) is 4.43. The number of hydrogen-bond donors (Lipinski definition) is 0. The number of alkyl halides is 1. The Morgan fingerprint density at radius 2 is 2.24 bits per heavy atom. The van der Waals surface area contributed by atoms with Crippen molar-refractivity contribution in [3.05, 3.63) is 18.0 Å². The Morgan fingerprint density at radius 3 is 2.76 bits per heavy atom. The third kappa shape index (κ3) is 3.00. The van der Waals surface area contributed by atoms with Crippen LogP contribution in [0.2, 0.25) is 0 Å². The third-order valence-electron chi connectivity index (χ3n) is 3.31. The van der Waals surface area contributed by atoms with Crippen molar-refractivity contribution >= 4 is 17.5 Å². The van der Waals surface area contributed by atoms with Gasteiger partial charge in [-0.1, -0.05) is 0 Å². The molecule has 0 unspecified atom stereocenters. The maximum Gasteiger partial charge on any atom is 0.223 e. The van der Waals surface area contributed by atoms with Gasteiger partial charge in [0.25, 0.3) is 0 Å². The van der Waals surface area contributed by atoms with E-state index in [1.807, 2.05) is 22.8 Å². The van der Waals surface area contributed by atoms with Crippen LogP contribution in [-0.2, 0) is 11.8 Å². The molecule has 1 aromatic heterocycles. The number of aromatic nitrogens is 2. The lowest BCUT2D eigenvalue weighted by Gasteiger charge is -2.31. The SMILES string of the molecule is Cn1ccc(C2CCN(C(=O)CCCl)CC2)n1. The fourth-order valence-electron chi connectivity index (χ4n) is 2.31. The number of rotatable bonds is 3. The molecule has 94 valence electrons. The van der Waals surface area contributed by atoms with E-state index in [0.29, 0.717) is 18.2 Å². The van der Waals surface area contributed by atoms with E-state index < -0.39 is 0 Å². The molecule has 0 atom stereocenters. The number of carbonyl (C=O) groups excluding carboxylic acids is 1. The van der Waals surface area contributed by atoms with Crippen LogP contribution in [0, 0.1) is 0 Å². The molecule has 0 aromatic carbocycles. The fourth-order valence-corrected chi connectivity index (χ4v) is 2.48. The van der Waals surface area contributed by atoms with Crippen LogP contribution in [0.5, 0.6) is 0 Å². The number of halogens is 1. The second-order valence-corrected chi connectivity index (χ2v) is 4.89. The summed E-state index contributed by atoms with van der Waals surface area (Å²) in [4.78, 5) is 13.6. The zero-order chi connectivity index (χ0) is 12.3. The van der Waals surface area contributed by atoms with Crippen LogP contribution < -0.4 is 0 Å². The Kier molecular flexibility index (Phi) is 4.05. The van der Waals surface area contributed by atoms with E-state index >= 15 is 0 Å². The zero-order valence-electron chi connectivity index (χ0n) is 10.1. The third-order valence-corrected chi connectivity index (χ3v) is 3.50. The molecule has 0 aliphatic carbocycles. The molecule has 4 nitrogen and oxygen atoms in total. The van der Waals surface area contributed by atoms with Gasteiger partial charge in [0.1, 0.15) is 0 Å². The van der Waals surface area contributed by atoms with Crippen molar-refractivity contribution in [3.8, 4) is 0 Å². The topological polar surface area (TPSA) is 38.1 Å². The highest BCUT2D eigenvalue weighted by Gasteiger charge is 2.24. The van der Waals surface area contributed by atoms with Crippen molar-refractivity contribution in [1.82, 2.24) is 14.7 Å². The minimum absolute atomic E-state index is 0.180. The number of likely N-dealkylation sites (tertiary alicyclic amines) is 1. The Balaban J connectivity index is 1.88. The first-order valence-corrected chi connectivity index (χ1v) is 6.57. The highest BCUT2D eigenvalue weighted by Crippen LogP contribution is 2.26. The quantitative estimate of drug-likeness (QED) is 0.772. The number of piperidine rings is 1. The number of carbonyl (C=O) groups is 1. The summed E-state index contributed by atoms with van der Waals surface area (Å²) >= 11 is 5.58. The molecule has 2 heterocycles. The molecule has 0 spiro atoms. The molecule has 1 fully saturated rings. The van der Waals surface area contributed by atoms with Gasteiger partial charge in [0.2, 0.25) is 5.91 Å². The number of hydrogen-bond acceptors (Lipinski definition) is 2. The molecule has 1 aliphatic heterocycles. The maximum absolute atomic E-state index is 11.7. The lowest BCUT2D eigenvalue weighted by molar-refractivity contribution is -0.131. The Bertz CT molecular complexity index is 383. The van der Waals surface area contributed by atoms with E-state index in [4.69, 9.17) is 11.6 Å². The molecule has 1 saturated heterocycles. The lowest BCUT2D eigenvalue weighted by Crippen LogP contribution is -2.38. The molecular weight excluding hydrogens is 238 g/mol. The van der Waals surface area contributed by atoms with Crippen LogP contribution in [0.3, 0.4) is 0 Å². The van der Waals surface area contributed by atoms with Gasteiger partial charge in [-0.15, -0.1) is 11.6 Å². The van der Waals surface area contributed by atoms with Crippen molar-refractivity contribution in [2.75, 3.05) is 19.0 Å². The predicted molar refractivity (Wildman–Crippen MR) is 67.1 cm³/mol. The molecule has 0 bridgehead atoms. The van der Waals surface area contributed by atoms with Crippen LogP contribution in [0.15, 0.2) is 12.3 Å². The van der Waals surface area contributed by atoms with Gasteiger partial charge in [0, 0.05) is 44.6 Å². The first-order chi connectivity index (χ1) is 8.20. The average Bonchev–Trinajstić information content (AvgIpc) is 2.76. The van der Waals surface area contributed by atoms with Crippen LogP contribution in [0.25, 0.3) is 0 Å². The maximum atomic E-state index is 11.7. The van der Waals surface area contributed by atoms with Crippen LogP contribution in [0.1, 0.15) is 30.9 Å². The minimum Gasteiger partial charge on any atom is -0.343 e. The summed E-state index contributed by atoms with van der Waals surface area (Å²) in [5.74, 6) is 1.09. The molecular formula is C12H18ClN3O. The number of nitrogens with zero attached hydrogens (tertiary/aromatic N) is 3. The largest absolute Gasteiger partial charge is 0.343 e. The first-order valence-electron chi connectivity index (χ1n) is 6.04. The first kappa shape index (κ1) is 12.4. The average molecular weight is 256 g/mol. The Hall–Kier alpha value is -1.03. The lowest BCUT2D eigenvalue weighted by atomic mass is 9.93. The van der Waals surface area contributed by atoms with Gasteiger partial charge in [-0.25, -0.2) is 0 Å². The van der Waals surface area contributed by atoms with Crippen molar-refractivity contribution < 1.29 is 4.79 Å². The second kappa shape index (κ2) is 5.54. The van der Waals surface area contributed by atoms with Gasteiger partial charge in [-0.05, 0) is 18.9 Å². The molecule has 0 saturated carbocycles. The van der Waals surface area contributed by atoms with Crippen molar-refractivity contribution in [2.45, 2.75) is 25.2 Å². The highest BCUT2D eigenvalue weighted by molar-refractivity contribution is 6.18. The summed E-state index contributed by atoms with van der Waals surface area (Å²) in [5.41, 5.74) is 1.15. The van der Waals surface area contributed by atoms with E-state index in [1.165, 1.54) is 0 Å². The van der Waals surface area contributed by atoms with Gasteiger partial charge < -0.3 is 4.90 Å². The second-order valence-electron chi connectivity index (χ2n) is 4.51. The van der Waals surface area contributed by atoms with Gasteiger partial charge in [-0.3, -0.25) is 9.48 Å². The van der Waals surface area contributed by atoms with E-state index in [0.717, 1.165) is 31.6 Å². The molecule has 17 heavy (non-hydrogen) atoms. The van der Waals surface area contributed by atoms with E-state index in [-0.39, 0.29) is 5.91 Å². The van der Waals surface area contributed by atoms with Gasteiger partial charge in [0.05, 0.1) is 5.69 Å². The summed E-state index contributed by atoms with van der Waals surface area (Å²) < 4.78 is 1.83. The summed E-state index contributed by atoms with van der Waals surface area (Å²) in [6, 6.07) is 2.07. The van der Waals surface area contributed by atoms with Crippen LogP contribution in [-0.4, -0.2) is 39.6 Å². The number of amides is 1. The van der Waals surface area contributed by atoms with E-state index in [9.17, 15) is 4.79 Å². The van der Waals surface area contributed by atoms with Gasteiger partial charge >= 0.3 is 0 Å². The predicted octanol–water partition coefficient (Wildman–Crippen LogP) is 1.75. The molecule has 0 N–H and O–H groups in total. The summed E-state index contributed by atoms with van der Waals surface area (Å²) in [7, 11) is 1.93. The minimum atomic E-state index is 0.180. The zero-order valence-corrected chi connectivity index (χ0v) is 10.9. The van der Waals surface area contributed by atoms with Gasteiger partial charge in [-0.2, -0.15) is 5.10 Å². The monoisotopic (exact) mass is 255 g/mol. The summed E-state index contributed by atoms with van der Waals surface area (Å²) in [6.45, 7) is 1.66. The fraction of sp³-hybridized carbons (Fsp3) is 0.667. The molecule has 1 aliphatic rings. The number of aryl methyl sites for hydroxylation is 1. The van der Waals surface area contributed by atoms with Crippen molar-refractivity contribution in [1.29, 1.82) is 0 Å². The molecule has 0 radical (unpaired) electrons. The molecule has 1 amide bonds. The van der Waals surface area contributed by atoms with Crippen LogP contribution >= 0.6 is 11.6 Å². The van der Waals surface area contributed by atoms with E-state index in [1.54, 1.807) is 0 Å². The standard InChI is InChI=1S/C12H18ClN3O/c1-15-7-5-11(14-15)10-3-8-16(9-4-10)12(17)2-6-13/h5,7,10H,2-4,6,8-9H2,1H3.